The number of nitrogens with two attached hydrogens (primary N) is 1. The van der Waals surface area contributed by atoms with Crippen molar-refractivity contribution in [3.8, 4) is 0 Å². The van der Waals surface area contributed by atoms with Crippen LogP contribution in [0.15, 0.2) is 0 Å². The van der Waals surface area contributed by atoms with Gasteiger partial charge in [-0.15, -0.1) is 0 Å². The van der Waals surface area contributed by atoms with Crippen LogP contribution in [0.4, 0.5) is 0 Å². The third-order valence-electron chi connectivity index (χ3n) is 4.79. The average molecular weight is 238 g/mol. The summed E-state index contributed by atoms with van der Waals surface area (Å²) >= 11 is 4.84. The molecule has 1 amide bonds. The highest BCUT2D eigenvalue weighted by molar-refractivity contribution is 7.80. The van der Waals surface area contributed by atoms with Gasteiger partial charge in [0.2, 0.25) is 5.91 Å². The number of carbonyl (C=O) groups is 1. The van der Waals surface area contributed by atoms with Gasteiger partial charge in [-0.05, 0) is 42.9 Å². The first-order valence-electron chi connectivity index (χ1n) is 6.13. The largest absolute Gasteiger partial charge is 0.392 e. The van der Waals surface area contributed by atoms with E-state index in [0.29, 0.717) is 29.3 Å². The fourth-order valence-corrected chi connectivity index (χ4v) is 4.42. The monoisotopic (exact) mass is 238 g/mol. The first-order chi connectivity index (χ1) is 7.59. The van der Waals surface area contributed by atoms with E-state index in [1.54, 1.807) is 4.90 Å². The fraction of sp³-hybridized carbons (Fsp3) is 0.833. The van der Waals surface area contributed by atoms with E-state index < -0.39 is 0 Å². The smallest absolute Gasteiger partial charge is 0.226 e. The normalized spacial score (nSPS) is 42.9. The van der Waals surface area contributed by atoms with Gasteiger partial charge in [0.05, 0.1) is 11.5 Å². The van der Waals surface area contributed by atoms with Crippen LogP contribution >= 0.6 is 12.2 Å². The van der Waals surface area contributed by atoms with Gasteiger partial charge in [-0.2, -0.15) is 0 Å². The lowest BCUT2D eigenvalue weighted by atomic mass is 10.0. The van der Waals surface area contributed by atoms with E-state index >= 15 is 0 Å². The Labute approximate surface area is 101 Å². The van der Waals surface area contributed by atoms with Gasteiger partial charge in [0.25, 0.3) is 0 Å². The maximum Gasteiger partial charge on any atom is 0.226 e. The van der Waals surface area contributed by atoms with Crippen molar-refractivity contribution in [3.63, 3.8) is 0 Å². The predicted octanol–water partition coefficient (Wildman–Crippen LogP) is 1.02. The number of rotatable bonds is 3. The number of likely N-dealkylation sites (N-methyl/N-ethyl adjacent to an activating group) is 1. The minimum Gasteiger partial charge on any atom is -0.392 e. The number of fused-ring (bicyclic) bond motifs is 5. The molecule has 0 radical (unpaired) electrons. The molecule has 4 unspecified atom stereocenters. The number of nitrogens with zero attached hydrogens (tertiary/aromatic N) is 1. The van der Waals surface area contributed by atoms with E-state index in [9.17, 15) is 4.79 Å². The molecule has 3 aliphatic carbocycles. The van der Waals surface area contributed by atoms with Crippen molar-refractivity contribution in [1.29, 1.82) is 0 Å². The lowest BCUT2D eigenvalue weighted by Crippen LogP contribution is -2.36. The Morgan fingerprint density at radius 3 is 2.44 bits per heavy atom. The van der Waals surface area contributed by atoms with Crippen molar-refractivity contribution < 1.29 is 4.79 Å². The van der Waals surface area contributed by atoms with Crippen molar-refractivity contribution in [1.82, 2.24) is 4.90 Å². The second-order valence-corrected chi connectivity index (χ2v) is 6.20. The van der Waals surface area contributed by atoms with Crippen LogP contribution in [0.1, 0.15) is 19.3 Å². The van der Waals surface area contributed by atoms with Gasteiger partial charge in [0.15, 0.2) is 0 Å². The summed E-state index contributed by atoms with van der Waals surface area (Å²) in [6, 6.07) is 0. The average Bonchev–Trinajstić information content (AvgIpc) is 2.64. The highest BCUT2D eigenvalue weighted by Gasteiger charge is 2.67. The Balaban J connectivity index is 1.64. The highest BCUT2D eigenvalue weighted by Crippen LogP contribution is 2.69. The van der Waals surface area contributed by atoms with Crippen molar-refractivity contribution in [2.24, 2.45) is 35.3 Å². The molecule has 0 aromatic heterocycles. The minimum atomic E-state index is 0.277. The molecule has 0 saturated heterocycles. The summed E-state index contributed by atoms with van der Waals surface area (Å²) in [5, 5.41) is 0. The number of amides is 1. The zero-order valence-electron chi connectivity index (χ0n) is 9.56. The number of carbonyl (C=O) groups excluding carboxylic acids is 1. The molecule has 4 atom stereocenters. The van der Waals surface area contributed by atoms with E-state index in [-0.39, 0.29) is 5.91 Å². The molecule has 0 aromatic rings. The van der Waals surface area contributed by atoms with Crippen LogP contribution in [0.25, 0.3) is 0 Å². The molecular formula is C12H18N2OS. The maximum atomic E-state index is 12.2. The summed E-state index contributed by atoms with van der Waals surface area (Å²) in [4.78, 5) is 14.3. The van der Waals surface area contributed by atoms with Crippen LogP contribution in [0.5, 0.6) is 0 Å². The second-order valence-electron chi connectivity index (χ2n) is 5.67. The van der Waals surface area contributed by atoms with Gasteiger partial charge in [0, 0.05) is 13.0 Å². The van der Waals surface area contributed by atoms with Crippen LogP contribution in [0.3, 0.4) is 0 Å². The molecule has 88 valence electrons. The highest BCUT2D eigenvalue weighted by atomic mass is 32.1. The summed E-state index contributed by atoms with van der Waals surface area (Å²) in [5.74, 6) is 3.70. The van der Waals surface area contributed by atoms with Crippen molar-refractivity contribution in [2.75, 3.05) is 13.6 Å². The third-order valence-corrected chi connectivity index (χ3v) is 4.92. The first-order valence-corrected chi connectivity index (χ1v) is 6.53. The molecule has 3 rings (SSSR count). The molecule has 0 aliphatic heterocycles. The Bertz CT molecular complexity index is 341. The zero-order valence-corrected chi connectivity index (χ0v) is 10.4. The van der Waals surface area contributed by atoms with Crippen LogP contribution < -0.4 is 5.73 Å². The summed E-state index contributed by atoms with van der Waals surface area (Å²) in [7, 11) is 1.82. The number of hydrogen-bond donors (Lipinski definition) is 1. The Morgan fingerprint density at radius 1 is 1.38 bits per heavy atom. The van der Waals surface area contributed by atoms with Crippen molar-refractivity contribution >= 4 is 23.1 Å². The minimum absolute atomic E-state index is 0.277. The molecule has 2 bridgehead atoms. The van der Waals surface area contributed by atoms with Gasteiger partial charge < -0.3 is 10.6 Å². The van der Waals surface area contributed by atoms with Gasteiger partial charge in [-0.3, -0.25) is 4.79 Å². The van der Waals surface area contributed by atoms with E-state index in [1.807, 2.05) is 7.05 Å². The molecule has 0 heterocycles. The zero-order chi connectivity index (χ0) is 11.4. The summed E-state index contributed by atoms with van der Waals surface area (Å²) < 4.78 is 0. The van der Waals surface area contributed by atoms with E-state index in [4.69, 9.17) is 18.0 Å². The predicted molar refractivity (Wildman–Crippen MR) is 65.7 cm³/mol. The van der Waals surface area contributed by atoms with Crippen LogP contribution in [-0.2, 0) is 4.79 Å². The molecule has 3 fully saturated rings. The van der Waals surface area contributed by atoms with Crippen LogP contribution in [0, 0.1) is 29.6 Å². The summed E-state index contributed by atoms with van der Waals surface area (Å²) in [6.07, 6.45) is 4.10. The van der Waals surface area contributed by atoms with Crippen molar-refractivity contribution in [3.05, 3.63) is 0 Å². The first kappa shape index (κ1) is 10.5. The van der Waals surface area contributed by atoms with Crippen molar-refractivity contribution in [2.45, 2.75) is 19.3 Å². The maximum absolute atomic E-state index is 12.2. The molecule has 3 saturated carbocycles. The van der Waals surface area contributed by atoms with Gasteiger partial charge >= 0.3 is 0 Å². The number of thiocarbonyl (C=S) groups is 1. The van der Waals surface area contributed by atoms with Gasteiger partial charge in [-0.25, -0.2) is 0 Å². The van der Waals surface area contributed by atoms with Gasteiger partial charge in [0.1, 0.15) is 0 Å². The Hall–Kier alpha value is -0.640. The van der Waals surface area contributed by atoms with Crippen LogP contribution in [0.2, 0.25) is 0 Å². The van der Waals surface area contributed by atoms with Gasteiger partial charge in [-0.1, -0.05) is 12.2 Å². The molecule has 0 aromatic carbocycles. The number of hydrogen-bond acceptors (Lipinski definition) is 2. The fourth-order valence-electron chi connectivity index (χ4n) is 4.22. The molecule has 2 N–H and O–H groups in total. The summed E-state index contributed by atoms with van der Waals surface area (Å²) in [6.45, 7) is 0.430. The Kier molecular flexibility index (Phi) is 2.25. The molecule has 0 spiro atoms. The molecule has 3 aliphatic rings. The lowest BCUT2D eigenvalue weighted by Gasteiger charge is -2.18. The molecule has 3 nitrogen and oxygen atoms in total. The third kappa shape index (κ3) is 1.39. The topological polar surface area (TPSA) is 46.3 Å². The van der Waals surface area contributed by atoms with E-state index in [0.717, 1.165) is 11.8 Å². The SMILES string of the molecule is CN(CC(N)=S)C(=O)C1C2C3CCC(C3)C12. The quantitative estimate of drug-likeness (QED) is 0.747. The molecule has 4 heteroatoms. The standard InChI is InChI=1S/C12H18N2OS/c1-14(5-8(13)16)12(15)11-9-6-2-3-7(4-6)10(9)11/h6-7,9-11H,2-5H2,1H3,(H2,13,16). The second kappa shape index (κ2) is 3.42. The van der Waals surface area contributed by atoms with E-state index in [1.165, 1.54) is 19.3 Å². The molecular weight excluding hydrogens is 220 g/mol. The Morgan fingerprint density at radius 2 is 1.94 bits per heavy atom. The molecule has 16 heavy (non-hydrogen) atoms. The van der Waals surface area contributed by atoms with Crippen LogP contribution in [-0.4, -0.2) is 29.4 Å². The lowest BCUT2D eigenvalue weighted by molar-refractivity contribution is -0.131. The van der Waals surface area contributed by atoms with E-state index in [2.05, 4.69) is 0 Å². The summed E-state index contributed by atoms with van der Waals surface area (Å²) in [5.41, 5.74) is 5.47.